The molecule has 0 saturated heterocycles. The molecule has 0 unspecified atom stereocenters. The first-order valence-electron chi connectivity index (χ1n) is 5.61. The zero-order valence-corrected chi connectivity index (χ0v) is 12.2. The number of sulfone groups is 1. The second kappa shape index (κ2) is 6.02. The minimum atomic E-state index is -3.36. The third-order valence-electron chi connectivity index (χ3n) is 2.51. The summed E-state index contributed by atoms with van der Waals surface area (Å²) in [5.41, 5.74) is 0.434. The van der Waals surface area contributed by atoms with Gasteiger partial charge in [0.25, 0.3) is 0 Å². The summed E-state index contributed by atoms with van der Waals surface area (Å²) in [6, 6.07) is 7.83. The van der Waals surface area contributed by atoms with Crippen molar-refractivity contribution < 1.29 is 8.42 Å². The summed E-state index contributed by atoms with van der Waals surface area (Å²) < 4.78 is 25.7. The number of hydrogen-bond acceptors (Lipinski definition) is 7. The molecule has 9 heteroatoms. The molecule has 20 heavy (non-hydrogen) atoms. The number of nitriles is 1. The van der Waals surface area contributed by atoms with E-state index in [4.69, 9.17) is 5.26 Å². The summed E-state index contributed by atoms with van der Waals surface area (Å²) in [6.45, 7) is 0. The Labute approximate surface area is 120 Å². The van der Waals surface area contributed by atoms with Crippen molar-refractivity contribution in [2.24, 2.45) is 7.05 Å². The van der Waals surface area contributed by atoms with E-state index in [1.807, 2.05) is 6.07 Å². The lowest BCUT2D eigenvalue weighted by Crippen LogP contribution is -2.09. The number of nitrogens with zero attached hydrogens (tertiary/aromatic N) is 5. The Bertz CT molecular complexity index is 731. The molecule has 0 N–H and O–H groups in total. The standard InChI is InChI=1S/C11H11N5O2S2/c1-16-11(13-14-15-16)19-6-7-20(17,18)10-4-2-9(8-12)3-5-10/h2-5H,6-7H2,1H3. The van der Waals surface area contributed by atoms with Gasteiger partial charge in [-0.25, -0.2) is 13.1 Å². The summed E-state index contributed by atoms with van der Waals surface area (Å²) in [5, 5.41) is 20.2. The molecule has 0 bridgehead atoms. The summed E-state index contributed by atoms with van der Waals surface area (Å²) in [7, 11) is -1.67. The first-order valence-corrected chi connectivity index (χ1v) is 8.25. The predicted molar refractivity (Wildman–Crippen MR) is 72.7 cm³/mol. The molecule has 2 aromatic rings. The monoisotopic (exact) mass is 309 g/mol. The maximum Gasteiger partial charge on any atom is 0.209 e. The topological polar surface area (TPSA) is 102 Å². The van der Waals surface area contributed by atoms with E-state index in [1.54, 1.807) is 7.05 Å². The minimum absolute atomic E-state index is 0.0174. The molecule has 104 valence electrons. The Morgan fingerprint density at radius 2 is 2.05 bits per heavy atom. The van der Waals surface area contributed by atoms with Crippen molar-refractivity contribution in [3.63, 3.8) is 0 Å². The van der Waals surface area contributed by atoms with Gasteiger partial charge in [0.15, 0.2) is 9.84 Å². The summed E-state index contributed by atoms with van der Waals surface area (Å²) in [4.78, 5) is 0.216. The number of rotatable bonds is 5. The highest BCUT2D eigenvalue weighted by Crippen LogP contribution is 2.17. The van der Waals surface area contributed by atoms with Gasteiger partial charge in [0.1, 0.15) is 0 Å². The van der Waals surface area contributed by atoms with E-state index < -0.39 is 9.84 Å². The van der Waals surface area contributed by atoms with Crippen molar-refractivity contribution in [3.8, 4) is 6.07 Å². The number of benzene rings is 1. The van der Waals surface area contributed by atoms with E-state index in [-0.39, 0.29) is 10.6 Å². The highest BCUT2D eigenvalue weighted by Gasteiger charge is 2.15. The second-order valence-corrected chi connectivity index (χ2v) is 7.06. The van der Waals surface area contributed by atoms with Gasteiger partial charge in [0, 0.05) is 12.8 Å². The van der Waals surface area contributed by atoms with Crippen molar-refractivity contribution in [1.29, 1.82) is 5.26 Å². The molecule has 0 spiro atoms. The number of thioether (sulfide) groups is 1. The number of aromatic nitrogens is 4. The summed E-state index contributed by atoms with van der Waals surface area (Å²) in [6.07, 6.45) is 0. The van der Waals surface area contributed by atoms with Crippen LogP contribution in [0.1, 0.15) is 5.56 Å². The van der Waals surface area contributed by atoms with Crippen molar-refractivity contribution in [3.05, 3.63) is 29.8 Å². The maximum absolute atomic E-state index is 12.1. The van der Waals surface area contributed by atoms with Crippen molar-refractivity contribution in [2.45, 2.75) is 10.1 Å². The fourth-order valence-electron chi connectivity index (χ4n) is 1.44. The SMILES string of the molecule is Cn1nnnc1SCCS(=O)(=O)c1ccc(C#N)cc1. The third-order valence-corrected chi connectivity index (χ3v) is 5.51. The highest BCUT2D eigenvalue weighted by atomic mass is 32.2. The maximum atomic E-state index is 12.1. The molecule has 0 fully saturated rings. The average molecular weight is 309 g/mol. The lowest BCUT2D eigenvalue weighted by atomic mass is 10.2. The first-order chi connectivity index (χ1) is 9.53. The van der Waals surface area contributed by atoms with Crippen LogP contribution in [-0.4, -0.2) is 40.1 Å². The van der Waals surface area contributed by atoms with E-state index >= 15 is 0 Å². The molecule has 0 aliphatic rings. The molecule has 0 radical (unpaired) electrons. The molecule has 2 rings (SSSR count). The predicted octanol–water partition coefficient (Wildman–Crippen LogP) is 0.648. The molecule has 1 heterocycles. The Morgan fingerprint density at radius 3 is 2.60 bits per heavy atom. The quantitative estimate of drug-likeness (QED) is 0.747. The van der Waals surface area contributed by atoms with E-state index in [9.17, 15) is 8.42 Å². The molecule has 0 amide bonds. The van der Waals surface area contributed by atoms with Crippen LogP contribution in [0.5, 0.6) is 0 Å². The van der Waals surface area contributed by atoms with Crippen LogP contribution in [0.25, 0.3) is 0 Å². The van der Waals surface area contributed by atoms with Crippen molar-refractivity contribution in [2.75, 3.05) is 11.5 Å². The van der Waals surface area contributed by atoms with E-state index in [1.165, 1.54) is 40.7 Å². The molecule has 1 aromatic carbocycles. The molecular formula is C11H11N5O2S2. The largest absolute Gasteiger partial charge is 0.224 e. The Hall–Kier alpha value is -1.92. The van der Waals surface area contributed by atoms with Gasteiger partial charge in [-0.2, -0.15) is 5.26 Å². The van der Waals surface area contributed by atoms with Crippen LogP contribution in [0.4, 0.5) is 0 Å². The van der Waals surface area contributed by atoms with Crippen LogP contribution >= 0.6 is 11.8 Å². The average Bonchev–Trinajstić information content (AvgIpc) is 2.84. The van der Waals surface area contributed by atoms with E-state index in [0.717, 1.165) is 0 Å². The number of tetrazole rings is 1. The number of aryl methyl sites for hydroxylation is 1. The molecule has 1 aromatic heterocycles. The molecule has 0 saturated carbocycles. The van der Waals surface area contributed by atoms with Gasteiger partial charge in [-0.3, -0.25) is 0 Å². The van der Waals surface area contributed by atoms with Gasteiger partial charge in [0.2, 0.25) is 5.16 Å². The van der Waals surface area contributed by atoms with Gasteiger partial charge in [-0.15, -0.1) is 5.10 Å². The zero-order valence-electron chi connectivity index (χ0n) is 10.6. The molecular weight excluding hydrogens is 298 g/mol. The van der Waals surface area contributed by atoms with Gasteiger partial charge in [0.05, 0.1) is 22.3 Å². The Balaban J connectivity index is 2.00. The molecule has 0 aliphatic carbocycles. The Morgan fingerprint density at radius 1 is 1.35 bits per heavy atom. The third kappa shape index (κ3) is 3.34. The van der Waals surface area contributed by atoms with Crippen molar-refractivity contribution in [1.82, 2.24) is 20.2 Å². The van der Waals surface area contributed by atoms with Crippen LogP contribution in [0.2, 0.25) is 0 Å². The zero-order chi connectivity index (χ0) is 14.6. The van der Waals surface area contributed by atoms with Crippen molar-refractivity contribution >= 4 is 21.6 Å². The summed E-state index contributed by atoms with van der Waals surface area (Å²) in [5.74, 6) is 0.340. The van der Waals surface area contributed by atoms with E-state index in [2.05, 4.69) is 15.5 Å². The van der Waals surface area contributed by atoms with Crippen LogP contribution in [0.3, 0.4) is 0 Å². The lowest BCUT2D eigenvalue weighted by molar-refractivity contribution is 0.597. The smallest absolute Gasteiger partial charge is 0.209 e. The minimum Gasteiger partial charge on any atom is -0.224 e. The number of hydrogen-bond donors (Lipinski definition) is 0. The van der Waals surface area contributed by atoms with Crippen LogP contribution in [0.15, 0.2) is 34.3 Å². The molecule has 7 nitrogen and oxygen atoms in total. The second-order valence-electron chi connectivity index (χ2n) is 3.89. The highest BCUT2D eigenvalue weighted by molar-refractivity contribution is 8.00. The van der Waals surface area contributed by atoms with Gasteiger partial charge in [-0.1, -0.05) is 11.8 Å². The fraction of sp³-hybridized carbons (Fsp3) is 0.273. The van der Waals surface area contributed by atoms with Crippen LogP contribution in [0, 0.1) is 11.3 Å². The Kier molecular flexibility index (Phi) is 4.36. The van der Waals surface area contributed by atoms with Crippen LogP contribution in [-0.2, 0) is 16.9 Å². The normalized spacial score (nSPS) is 11.2. The first kappa shape index (κ1) is 14.5. The van der Waals surface area contributed by atoms with Crippen LogP contribution < -0.4 is 0 Å². The fourth-order valence-corrected chi connectivity index (χ4v) is 3.94. The van der Waals surface area contributed by atoms with Gasteiger partial charge in [-0.05, 0) is 34.7 Å². The van der Waals surface area contributed by atoms with E-state index in [0.29, 0.717) is 16.5 Å². The van der Waals surface area contributed by atoms with Gasteiger partial charge >= 0.3 is 0 Å². The molecule has 0 aliphatic heterocycles. The lowest BCUT2D eigenvalue weighted by Gasteiger charge is -2.04. The summed E-state index contributed by atoms with van der Waals surface area (Å²) >= 11 is 1.28. The molecule has 0 atom stereocenters. The van der Waals surface area contributed by atoms with Gasteiger partial charge < -0.3 is 0 Å².